The molecule has 4 nitrogen and oxygen atoms in total. The molecule has 0 aliphatic carbocycles. The van der Waals surface area contributed by atoms with Gasteiger partial charge in [0.25, 0.3) is 5.91 Å². The Balaban J connectivity index is 0.00000242. The summed E-state index contributed by atoms with van der Waals surface area (Å²) in [6.07, 6.45) is 0. The van der Waals surface area contributed by atoms with Crippen LogP contribution in [0.5, 0.6) is 0 Å². The van der Waals surface area contributed by atoms with E-state index in [9.17, 15) is 4.79 Å². The topological polar surface area (TPSA) is 68.3 Å². The second kappa shape index (κ2) is 6.90. The number of nitrogens with two attached hydrogens (primary N) is 1. The molecule has 0 aliphatic heterocycles. The largest absolute Gasteiger partial charge is 0.451 e. The molecule has 1 unspecified atom stereocenters. The zero-order chi connectivity index (χ0) is 15.8. The van der Waals surface area contributed by atoms with Gasteiger partial charge in [-0.3, -0.25) is 4.79 Å². The van der Waals surface area contributed by atoms with Crippen LogP contribution in [0.3, 0.4) is 0 Å². The lowest BCUT2D eigenvalue weighted by Gasteiger charge is -2.33. The number of carbonyl (C=O) groups excluding carboxylic acids is 1. The van der Waals surface area contributed by atoms with Gasteiger partial charge in [0.1, 0.15) is 5.58 Å². The summed E-state index contributed by atoms with van der Waals surface area (Å²) in [6, 6.07) is 5.32. The van der Waals surface area contributed by atoms with E-state index in [1.54, 1.807) is 18.2 Å². The minimum Gasteiger partial charge on any atom is -0.451 e. The smallest absolute Gasteiger partial charge is 0.287 e. The third kappa shape index (κ3) is 3.40. The number of nitrogens with one attached hydrogen (secondary N) is 1. The third-order valence-electron chi connectivity index (χ3n) is 4.20. The van der Waals surface area contributed by atoms with Crippen LogP contribution in [0.2, 0.25) is 5.02 Å². The summed E-state index contributed by atoms with van der Waals surface area (Å²) in [5, 5.41) is 4.46. The van der Waals surface area contributed by atoms with Crippen LogP contribution < -0.4 is 11.1 Å². The molecule has 0 saturated heterocycles. The number of amides is 1. The Morgan fingerprint density at radius 3 is 2.64 bits per heavy atom. The van der Waals surface area contributed by atoms with Crippen molar-refractivity contribution in [3.8, 4) is 0 Å². The van der Waals surface area contributed by atoms with Crippen LogP contribution >= 0.6 is 24.0 Å². The number of carbonyl (C=O) groups is 1. The van der Waals surface area contributed by atoms with Gasteiger partial charge in [0.15, 0.2) is 5.76 Å². The van der Waals surface area contributed by atoms with Gasteiger partial charge in [0, 0.05) is 22.5 Å². The summed E-state index contributed by atoms with van der Waals surface area (Å²) in [4.78, 5) is 12.5. The van der Waals surface area contributed by atoms with E-state index < -0.39 is 5.54 Å². The van der Waals surface area contributed by atoms with Crippen molar-refractivity contribution in [2.24, 2.45) is 11.7 Å². The molecule has 0 saturated carbocycles. The second-order valence-corrected chi connectivity index (χ2v) is 6.36. The predicted octanol–water partition coefficient (Wildman–Crippen LogP) is 3.92. The lowest BCUT2D eigenvalue weighted by Crippen LogP contribution is -2.55. The van der Waals surface area contributed by atoms with Gasteiger partial charge >= 0.3 is 0 Å². The van der Waals surface area contributed by atoms with Gasteiger partial charge in [-0.25, -0.2) is 0 Å². The Bertz CT molecular complexity index is 682. The van der Waals surface area contributed by atoms with Crippen molar-refractivity contribution in [1.29, 1.82) is 0 Å². The highest BCUT2D eigenvalue weighted by Crippen LogP contribution is 2.28. The molecule has 6 heteroatoms. The molecule has 22 heavy (non-hydrogen) atoms. The molecule has 2 rings (SSSR count). The highest BCUT2D eigenvalue weighted by atomic mass is 35.5. The molecule has 0 bridgehead atoms. The number of benzene rings is 1. The highest BCUT2D eigenvalue weighted by Gasteiger charge is 2.31. The maximum atomic E-state index is 12.5. The predicted molar refractivity (Wildman–Crippen MR) is 93.0 cm³/mol. The van der Waals surface area contributed by atoms with Crippen LogP contribution in [0.15, 0.2) is 22.6 Å². The fourth-order valence-electron chi connectivity index (χ4n) is 2.16. The standard InChI is InChI=1S/C16H21ClN2O2.ClH/c1-9(2)16(4,8-18)19-15(20)14-10(3)12-7-11(17)5-6-13(12)21-14;/h5-7,9H,8,18H2,1-4H3,(H,19,20);1H. The lowest BCUT2D eigenvalue weighted by molar-refractivity contribution is 0.0856. The van der Waals surface area contributed by atoms with E-state index in [0.29, 0.717) is 22.9 Å². The molecular weight excluding hydrogens is 323 g/mol. The van der Waals surface area contributed by atoms with Crippen molar-refractivity contribution in [3.05, 3.63) is 34.5 Å². The summed E-state index contributed by atoms with van der Waals surface area (Å²) < 4.78 is 5.67. The van der Waals surface area contributed by atoms with Crippen LogP contribution in [0.25, 0.3) is 11.0 Å². The first-order chi connectivity index (χ1) is 9.78. The zero-order valence-electron chi connectivity index (χ0n) is 13.2. The average Bonchev–Trinajstić information content (AvgIpc) is 2.75. The van der Waals surface area contributed by atoms with Crippen LogP contribution in [0.4, 0.5) is 0 Å². The summed E-state index contributed by atoms with van der Waals surface area (Å²) in [5.41, 5.74) is 6.77. The number of halogens is 2. The first-order valence-corrected chi connectivity index (χ1v) is 7.37. The molecule has 1 aromatic carbocycles. The van der Waals surface area contributed by atoms with Gasteiger partial charge in [0.2, 0.25) is 0 Å². The molecule has 0 fully saturated rings. The zero-order valence-corrected chi connectivity index (χ0v) is 14.8. The third-order valence-corrected chi connectivity index (χ3v) is 4.44. The Hall–Kier alpha value is -1.23. The molecule has 0 radical (unpaired) electrons. The molecule has 1 atom stereocenters. The quantitative estimate of drug-likeness (QED) is 0.882. The van der Waals surface area contributed by atoms with E-state index in [-0.39, 0.29) is 24.2 Å². The first kappa shape index (κ1) is 18.8. The summed E-state index contributed by atoms with van der Waals surface area (Å²) in [5.74, 6) is 0.277. The number of aryl methyl sites for hydroxylation is 1. The van der Waals surface area contributed by atoms with Crippen LogP contribution in [-0.4, -0.2) is 18.0 Å². The van der Waals surface area contributed by atoms with E-state index in [1.807, 2.05) is 27.7 Å². The maximum absolute atomic E-state index is 12.5. The van der Waals surface area contributed by atoms with E-state index in [0.717, 1.165) is 10.9 Å². The first-order valence-electron chi connectivity index (χ1n) is 6.99. The van der Waals surface area contributed by atoms with E-state index in [2.05, 4.69) is 5.32 Å². The SMILES string of the molecule is Cc1c(C(=O)NC(C)(CN)C(C)C)oc2ccc(Cl)cc12.Cl. The van der Waals surface area contributed by atoms with Gasteiger partial charge in [-0.15, -0.1) is 12.4 Å². The molecule has 122 valence electrons. The molecule has 3 N–H and O–H groups in total. The molecule has 0 aliphatic rings. The Kier molecular flexibility index (Phi) is 5.90. The molecule has 0 spiro atoms. The monoisotopic (exact) mass is 344 g/mol. The van der Waals surface area contributed by atoms with E-state index >= 15 is 0 Å². The highest BCUT2D eigenvalue weighted by molar-refractivity contribution is 6.31. The fourth-order valence-corrected chi connectivity index (χ4v) is 2.33. The number of furan rings is 1. The van der Waals surface area contributed by atoms with Gasteiger partial charge in [-0.2, -0.15) is 0 Å². The van der Waals surface area contributed by atoms with Crippen LogP contribution in [-0.2, 0) is 0 Å². The molecular formula is C16H22Cl2N2O2. The number of fused-ring (bicyclic) bond motifs is 1. The summed E-state index contributed by atoms with van der Waals surface area (Å²) >= 11 is 5.99. The average molecular weight is 345 g/mol. The van der Waals surface area contributed by atoms with Gasteiger partial charge in [-0.05, 0) is 38.0 Å². The maximum Gasteiger partial charge on any atom is 0.287 e. The van der Waals surface area contributed by atoms with Crippen LogP contribution in [0, 0.1) is 12.8 Å². The Morgan fingerprint density at radius 2 is 2.09 bits per heavy atom. The second-order valence-electron chi connectivity index (χ2n) is 5.93. The number of hydrogen-bond acceptors (Lipinski definition) is 3. The van der Waals surface area contributed by atoms with Crippen LogP contribution in [0.1, 0.15) is 36.9 Å². The van der Waals surface area contributed by atoms with Crippen molar-refractivity contribution < 1.29 is 9.21 Å². The molecule has 1 amide bonds. The normalized spacial score (nSPS) is 13.8. The summed E-state index contributed by atoms with van der Waals surface area (Å²) in [6.45, 7) is 8.20. The van der Waals surface area contributed by atoms with Gasteiger partial charge < -0.3 is 15.5 Å². The van der Waals surface area contributed by atoms with E-state index in [1.165, 1.54) is 0 Å². The Labute approximate surface area is 141 Å². The van der Waals surface area contributed by atoms with Crippen molar-refractivity contribution in [2.45, 2.75) is 33.2 Å². The minimum absolute atomic E-state index is 0. The van der Waals surface area contributed by atoms with Gasteiger partial charge in [0.05, 0.1) is 5.54 Å². The molecule has 2 aromatic rings. The lowest BCUT2D eigenvalue weighted by atomic mass is 9.88. The number of hydrogen-bond donors (Lipinski definition) is 2. The van der Waals surface area contributed by atoms with E-state index in [4.69, 9.17) is 21.8 Å². The summed E-state index contributed by atoms with van der Waals surface area (Å²) in [7, 11) is 0. The number of rotatable bonds is 4. The minimum atomic E-state index is -0.472. The fraction of sp³-hybridized carbons (Fsp3) is 0.438. The Morgan fingerprint density at radius 1 is 1.45 bits per heavy atom. The van der Waals surface area contributed by atoms with Crippen molar-refractivity contribution in [1.82, 2.24) is 5.32 Å². The van der Waals surface area contributed by atoms with Crippen molar-refractivity contribution in [2.75, 3.05) is 6.54 Å². The van der Waals surface area contributed by atoms with Crippen molar-refractivity contribution in [3.63, 3.8) is 0 Å². The molecule has 1 heterocycles. The van der Waals surface area contributed by atoms with Gasteiger partial charge in [-0.1, -0.05) is 25.4 Å². The van der Waals surface area contributed by atoms with Crippen molar-refractivity contribution >= 4 is 40.9 Å². The molecule has 1 aromatic heterocycles.